The molecule has 1 aliphatic heterocycles. The molecule has 4 rings (SSSR count). The van der Waals surface area contributed by atoms with Gasteiger partial charge in [0.2, 0.25) is 0 Å². The fourth-order valence-electron chi connectivity index (χ4n) is 4.69. The van der Waals surface area contributed by atoms with Gasteiger partial charge in [-0.25, -0.2) is 9.18 Å². The van der Waals surface area contributed by atoms with Crippen molar-refractivity contribution in [2.24, 2.45) is 0 Å². The second-order valence-corrected chi connectivity index (χ2v) is 8.80. The van der Waals surface area contributed by atoms with E-state index in [9.17, 15) is 14.0 Å². The van der Waals surface area contributed by atoms with Gasteiger partial charge in [0.25, 0.3) is 0 Å². The van der Waals surface area contributed by atoms with Crippen LogP contribution in [0.3, 0.4) is 0 Å². The average molecular weight is 450 g/mol. The smallest absolute Gasteiger partial charge is 0.337 e. The van der Waals surface area contributed by atoms with Gasteiger partial charge in [0.05, 0.1) is 18.8 Å². The number of dihydropyridines is 1. The van der Waals surface area contributed by atoms with E-state index in [1.54, 1.807) is 33.1 Å². The van der Waals surface area contributed by atoms with Crippen LogP contribution >= 0.6 is 0 Å². The third-order valence-corrected chi connectivity index (χ3v) is 6.18. The molecule has 5 nitrogen and oxygen atoms in total. The Bertz CT molecular complexity index is 1130. The molecule has 1 N–H and O–H groups in total. The third-order valence-electron chi connectivity index (χ3n) is 6.18. The summed E-state index contributed by atoms with van der Waals surface area (Å²) in [5.41, 5.74) is 4.16. The van der Waals surface area contributed by atoms with Crippen LogP contribution in [0.2, 0.25) is 0 Å². The molecule has 2 atom stereocenters. The zero-order valence-corrected chi connectivity index (χ0v) is 19.3. The molecule has 0 spiro atoms. The van der Waals surface area contributed by atoms with Crippen LogP contribution in [0, 0.1) is 5.82 Å². The number of carbonyl (C=O) groups excluding carboxylic acids is 2. The summed E-state index contributed by atoms with van der Waals surface area (Å²) in [7, 11) is 1.62. The van der Waals surface area contributed by atoms with Crippen LogP contribution in [-0.4, -0.2) is 25.0 Å². The maximum Gasteiger partial charge on any atom is 0.337 e. The lowest BCUT2D eigenvalue weighted by Gasteiger charge is -2.37. The number of Topliss-reactive ketones (excluding diaryl/α,β-unsaturated/α-hetero) is 1. The van der Waals surface area contributed by atoms with Gasteiger partial charge in [-0.1, -0.05) is 24.3 Å². The van der Waals surface area contributed by atoms with Gasteiger partial charge in [-0.05, 0) is 68.5 Å². The molecule has 33 heavy (non-hydrogen) atoms. The van der Waals surface area contributed by atoms with Gasteiger partial charge in [0.15, 0.2) is 5.78 Å². The van der Waals surface area contributed by atoms with Gasteiger partial charge in [-0.2, -0.15) is 0 Å². The molecule has 1 aliphatic carbocycles. The minimum atomic E-state index is -0.600. The Hall–Kier alpha value is -3.41. The first-order chi connectivity index (χ1) is 15.8. The number of hydrogen-bond donors (Lipinski definition) is 1. The Labute approximate surface area is 193 Å². The highest BCUT2D eigenvalue weighted by molar-refractivity contribution is 6.04. The van der Waals surface area contributed by atoms with Crippen molar-refractivity contribution < 1.29 is 23.5 Å². The first kappa shape index (κ1) is 22.8. The van der Waals surface area contributed by atoms with Gasteiger partial charge < -0.3 is 14.8 Å². The molecule has 2 unspecified atom stereocenters. The summed E-state index contributed by atoms with van der Waals surface area (Å²) >= 11 is 0. The van der Waals surface area contributed by atoms with Crippen LogP contribution < -0.4 is 10.1 Å². The normalized spacial score (nSPS) is 20.5. The number of halogens is 1. The number of hydrogen-bond acceptors (Lipinski definition) is 5. The quantitative estimate of drug-likeness (QED) is 0.640. The lowest BCUT2D eigenvalue weighted by molar-refractivity contribution is -0.143. The van der Waals surface area contributed by atoms with E-state index in [2.05, 4.69) is 5.32 Å². The molecule has 6 heteroatoms. The molecule has 0 fully saturated rings. The van der Waals surface area contributed by atoms with Crippen LogP contribution in [0.25, 0.3) is 0 Å². The first-order valence-electron chi connectivity index (χ1n) is 11.1. The Morgan fingerprint density at radius 1 is 1.03 bits per heavy atom. The molecule has 1 heterocycles. The molecule has 0 aromatic heterocycles. The molecule has 2 aliphatic rings. The minimum Gasteiger partial charge on any atom is -0.497 e. The van der Waals surface area contributed by atoms with Crippen molar-refractivity contribution >= 4 is 11.8 Å². The highest BCUT2D eigenvalue weighted by Crippen LogP contribution is 2.45. The number of carbonyl (C=O) groups is 2. The van der Waals surface area contributed by atoms with E-state index in [1.807, 2.05) is 31.2 Å². The monoisotopic (exact) mass is 449 g/mol. The van der Waals surface area contributed by atoms with E-state index in [4.69, 9.17) is 9.47 Å². The van der Waals surface area contributed by atoms with Crippen molar-refractivity contribution in [3.8, 4) is 5.75 Å². The molecule has 172 valence electrons. The lowest BCUT2D eigenvalue weighted by Crippen LogP contribution is -2.36. The Balaban J connectivity index is 1.76. The summed E-state index contributed by atoms with van der Waals surface area (Å²) in [5.74, 6) is -0.691. The number of rotatable bonds is 5. The fraction of sp³-hybridized carbons (Fsp3) is 0.333. The van der Waals surface area contributed by atoms with Crippen molar-refractivity contribution in [2.45, 2.75) is 51.6 Å². The molecule has 0 radical (unpaired) electrons. The summed E-state index contributed by atoms with van der Waals surface area (Å²) in [5, 5.41) is 3.33. The lowest BCUT2D eigenvalue weighted by atomic mass is 9.71. The van der Waals surface area contributed by atoms with Crippen molar-refractivity contribution in [2.75, 3.05) is 7.11 Å². The van der Waals surface area contributed by atoms with E-state index in [1.165, 1.54) is 12.1 Å². The second-order valence-electron chi connectivity index (χ2n) is 8.80. The number of nitrogens with one attached hydrogen (secondary N) is 1. The van der Waals surface area contributed by atoms with E-state index < -0.39 is 11.9 Å². The summed E-state index contributed by atoms with van der Waals surface area (Å²) in [6.45, 7) is 5.39. The van der Waals surface area contributed by atoms with Gasteiger partial charge in [0.1, 0.15) is 11.6 Å². The summed E-state index contributed by atoms with van der Waals surface area (Å²) in [6, 6.07) is 13.7. The van der Waals surface area contributed by atoms with Gasteiger partial charge in [-0.3, -0.25) is 4.79 Å². The van der Waals surface area contributed by atoms with Crippen LogP contribution in [-0.2, 0) is 14.3 Å². The van der Waals surface area contributed by atoms with E-state index in [0.29, 0.717) is 35.2 Å². The van der Waals surface area contributed by atoms with Gasteiger partial charge in [0, 0.05) is 29.3 Å². The Morgan fingerprint density at radius 2 is 1.67 bits per heavy atom. The van der Waals surface area contributed by atoms with Crippen molar-refractivity contribution in [3.63, 3.8) is 0 Å². The number of methoxy groups -OCH3 is 1. The molecule has 0 bridgehead atoms. The minimum absolute atomic E-state index is 0.0143. The number of ketones is 1. The Morgan fingerprint density at radius 3 is 2.27 bits per heavy atom. The molecule has 0 saturated carbocycles. The van der Waals surface area contributed by atoms with Crippen LogP contribution in [0.1, 0.15) is 56.6 Å². The third kappa shape index (κ3) is 4.56. The largest absolute Gasteiger partial charge is 0.497 e. The molecule has 2 aromatic rings. The van der Waals surface area contributed by atoms with Gasteiger partial charge >= 0.3 is 5.97 Å². The summed E-state index contributed by atoms with van der Waals surface area (Å²) < 4.78 is 24.4. The number of esters is 1. The topological polar surface area (TPSA) is 64.6 Å². The predicted molar refractivity (Wildman–Crippen MR) is 123 cm³/mol. The summed E-state index contributed by atoms with van der Waals surface area (Å²) in [4.78, 5) is 26.6. The van der Waals surface area contributed by atoms with E-state index >= 15 is 0 Å². The SMILES string of the molecule is COc1ccc(C2CC(=O)C3=C(C2)NC(C)=C(C(=O)OC(C)C)C3c2ccc(F)cc2)cc1. The number of allylic oxidation sites excluding steroid dienone is 3. The molecule has 2 aromatic carbocycles. The molecule has 0 saturated heterocycles. The standard InChI is InChI=1S/C27H28FNO4/c1-15(2)33-27(31)24-16(3)29-22-13-19(17-7-11-21(32-4)12-8-17)14-23(30)26(22)25(24)18-5-9-20(28)10-6-18/h5-12,15,19,25,29H,13-14H2,1-4H3. The van der Waals surface area contributed by atoms with Crippen molar-refractivity contribution in [1.29, 1.82) is 0 Å². The van der Waals surface area contributed by atoms with Crippen LogP contribution in [0.4, 0.5) is 4.39 Å². The number of benzene rings is 2. The maximum atomic E-state index is 13.7. The van der Waals surface area contributed by atoms with Crippen LogP contribution in [0.5, 0.6) is 5.75 Å². The van der Waals surface area contributed by atoms with Crippen LogP contribution in [0.15, 0.2) is 71.1 Å². The molecule has 0 amide bonds. The first-order valence-corrected chi connectivity index (χ1v) is 11.1. The Kier molecular flexibility index (Phi) is 6.36. The molecular weight excluding hydrogens is 421 g/mol. The van der Waals surface area contributed by atoms with Gasteiger partial charge in [-0.15, -0.1) is 0 Å². The zero-order valence-electron chi connectivity index (χ0n) is 19.3. The summed E-state index contributed by atoms with van der Waals surface area (Å²) in [6.07, 6.45) is 0.661. The second kappa shape index (κ2) is 9.22. The van der Waals surface area contributed by atoms with E-state index in [-0.39, 0.29) is 23.6 Å². The number of ether oxygens (including phenoxy) is 2. The van der Waals surface area contributed by atoms with Crippen molar-refractivity contribution in [1.82, 2.24) is 5.32 Å². The average Bonchev–Trinajstić information content (AvgIpc) is 2.78. The molecular formula is C27H28FNO4. The highest BCUT2D eigenvalue weighted by Gasteiger charge is 2.41. The van der Waals surface area contributed by atoms with Crippen molar-refractivity contribution in [3.05, 3.63) is 88.0 Å². The highest BCUT2D eigenvalue weighted by atomic mass is 19.1. The van der Waals surface area contributed by atoms with E-state index in [0.717, 1.165) is 17.0 Å². The fourth-order valence-corrected chi connectivity index (χ4v) is 4.69. The predicted octanol–water partition coefficient (Wildman–Crippen LogP) is 5.15. The zero-order chi connectivity index (χ0) is 23.7. The maximum absolute atomic E-state index is 13.7.